The van der Waals surface area contributed by atoms with Crippen LogP contribution in [0.15, 0.2) is 60.7 Å². The van der Waals surface area contributed by atoms with E-state index in [2.05, 4.69) is 21.3 Å². The summed E-state index contributed by atoms with van der Waals surface area (Å²) in [6.45, 7) is 2.66. The molecule has 0 fully saturated rings. The zero-order valence-electron chi connectivity index (χ0n) is 21.5. The normalized spacial score (nSPS) is 13.6. The summed E-state index contributed by atoms with van der Waals surface area (Å²) in [4.78, 5) is 73.0. The van der Waals surface area contributed by atoms with Crippen molar-refractivity contribution < 1.29 is 39.0 Å². The van der Waals surface area contributed by atoms with E-state index in [1.54, 1.807) is 54.6 Å². The van der Waals surface area contributed by atoms with Crippen LogP contribution in [0.3, 0.4) is 0 Å². The highest BCUT2D eigenvalue weighted by Gasteiger charge is 2.30. The Morgan fingerprint density at radius 2 is 1.08 bits per heavy atom. The number of aliphatic carboxylic acids is 2. The molecular weight excluding hydrogens is 508 g/mol. The Hall–Kier alpha value is -4.74. The molecule has 0 unspecified atom stereocenters. The molecule has 6 N–H and O–H groups in total. The van der Waals surface area contributed by atoms with Crippen molar-refractivity contribution in [2.45, 2.75) is 57.3 Å². The van der Waals surface area contributed by atoms with Crippen LogP contribution in [0.5, 0.6) is 0 Å². The average Bonchev–Trinajstić information content (AvgIpc) is 2.88. The van der Waals surface area contributed by atoms with Crippen LogP contribution in [0.1, 0.15) is 31.4 Å². The minimum Gasteiger partial charge on any atom is -0.481 e. The lowest BCUT2D eigenvalue weighted by Gasteiger charge is -2.24. The molecule has 4 atom stereocenters. The highest BCUT2D eigenvalue weighted by molar-refractivity contribution is 5.95. The van der Waals surface area contributed by atoms with Gasteiger partial charge in [-0.05, 0) is 18.1 Å². The van der Waals surface area contributed by atoms with Gasteiger partial charge in [-0.2, -0.15) is 0 Å². The smallest absolute Gasteiger partial charge is 0.326 e. The van der Waals surface area contributed by atoms with E-state index in [4.69, 9.17) is 5.11 Å². The van der Waals surface area contributed by atoms with Gasteiger partial charge in [0.2, 0.25) is 23.6 Å². The van der Waals surface area contributed by atoms with Crippen molar-refractivity contribution in [2.24, 2.45) is 0 Å². The Balaban J connectivity index is 2.14. The maximum absolute atomic E-state index is 13.0. The first-order chi connectivity index (χ1) is 18.5. The van der Waals surface area contributed by atoms with Crippen molar-refractivity contribution in [1.82, 2.24) is 21.3 Å². The Morgan fingerprint density at radius 3 is 1.51 bits per heavy atom. The van der Waals surface area contributed by atoms with E-state index >= 15 is 0 Å². The van der Waals surface area contributed by atoms with Gasteiger partial charge in [-0.25, -0.2) is 4.79 Å². The molecule has 2 rings (SSSR count). The molecule has 0 saturated carbocycles. The number of hydrogen-bond acceptors (Lipinski definition) is 6. The van der Waals surface area contributed by atoms with Gasteiger partial charge < -0.3 is 31.5 Å². The third-order valence-corrected chi connectivity index (χ3v) is 5.64. The Morgan fingerprint density at radius 1 is 0.641 bits per heavy atom. The van der Waals surface area contributed by atoms with Crippen molar-refractivity contribution in [3.05, 3.63) is 71.8 Å². The first kappa shape index (κ1) is 30.5. The number of carboxylic acid groups (broad SMARTS) is 2. The summed E-state index contributed by atoms with van der Waals surface area (Å²) in [5.74, 6) is -5.67. The first-order valence-corrected chi connectivity index (χ1v) is 12.2. The molecule has 0 aromatic heterocycles. The lowest BCUT2D eigenvalue weighted by atomic mass is 10.0. The Kier molecular flexibility index (Phi) is 11.6. The summed E-state index contributed by atoms with van der Waals surface area (Å²) in [7, 11) is 0. The van der Waals surface area contributed by atoms with Gasteiger partial charge in [0.15, 0.2) is 0 Å². The number of carbonyl (C=O) groups excluding carboxylic acids is 4. The number of benzene rings is 2. The highest BCUT2D eigenvalue weighted by atomic mass is 16.4. The van der Waals surface area contributed by atoms with Gasteiger partial charge in [0.05, 0.1) is 6.42 Å². The molecule has 0 spiro atoms. The van der Waals surface area contributed by atoms with Crippen LogP contribution in [-0.2, 0) is 41.6 Å². The standard InChI is InChI=1S/C27H32N4O8/c1-16(28-25(36)20(29-17(2)32)13-18-9-5-3-6-10-18)24(35)30-21(14-19-11-7-4-8-12-19)26(37)31-22(27(38)39)15-23(33)34/h3-12,16,20-22H,13-15H2,1-2H3,(H,28,36)(H,29,32)(H,30,35)(H,31,37)(H,33,34)(H,38,39)/t16-,20-,21-,22-/m0/s1. The fourth-order valence-corrected chi connectivity index (χ4v) is 3.69. The van der Waals surface area contributed by atoms with Crippen LogP contribution < -0.4 is 21.3 Å². The largest absolute Gasteiger partial charge is 0.481 e. The fraction of sp³-hybridized carbons (Fsp3) is 0.333. The molecule has 0 aliphatic heterocycles. The van der Waals surface area contributed by atoms with Gasteiger partial charge in [-0.3, -0.25) is 24.0 Å². The molecule has 39 heavy (non-hydrogen) atoms. The van der Waals surface area contributed by atoms with E-state index in [1.807, 2.05) is 6.07 Å². The monoisotopic (exact) mass is 540 g/mol. The van der Waals surface area contributed by atoms with Gasteiger partial charge in [-0.15, -0.1) is 0 Å². The van der Waals surface area contributed by atoms with E-state index < -0.39 is 66.2 Å². The van der Waals surface area contributed by atoms with Gasteiger partial charge >= 0.3 is 11.9 Å². The molecule has 0 aliphatic carbocycles. The number of carbonyl (C=O) groups is 6. The molecule has 208 valence electrons. The van der Waals surface area contributed by atoms with E-state index in [9.17, 15) is 33.9 Å². The van der Waals surface area contributed by atoms with Crippen molar-refractivity contribution >= 4 is 35.6 Å². The number of nitrogens with one attached hydrogen (secondary N) is 4. The second kappa shape index (κ2) is 14.9. The van der Waals surface area contributed by atoms with Crippen molar-refractivity contribution in [1.29, 1.82) is 0 Å². The minimum atomic E-state index is -1.71. The maximum Gasteiger partial charge on any atom is 0.326 e. The summed E-state index contributed by atoms with van der Waals surface area (Å²) in [5, 5.41) is 28.0. The first-order valence-electron chi connectivity index (χ1n) is 12.2. The summed E-state index contributed by atoms with van der Waals surface area (Å²) in [6.07, 6.45) is -0.702. The van der Waals surface area contributed by atoms with E-state index in [-0.39, 0.29) is 12.8 Å². The molecule has 2 aromatic rings. The molecule has 2 aromatic carbocycles. The number of rotatable bonds is 14. The lowest BCUT2D eigenvalue weighted by Crippen LogP contribution is -2.57. The number of amides is 4. The van der Waals surface area contributed by atoms with E-state index in [1.165, 1.54) is 13.8 Å². The molecular formula is C27H32N4O8. The van der Waals surface area contributed by atoms with Gasteiger partial charge in [0, 0.05) is 19.8 Å². The molecule has 0 radical (unpaired) electrons. The van der Waals surface area contributed by atoms with Crippen LogP contribution >= 0.6 is 0 Å². The number of hydrogen-bond donors (Lipinski definition) is 6. The van der Waals surface area contributed by atoms with Crippen LogP contribution in [0.4, 0.5) is 0 Å². The summed E-state index contributed by atoms with van der Waals surface area (Å²) >= 11 is 0. The second-order valence-electron chi connectivity index (χ2n) is 8.92. The van der Waals surface area contributed by atoms with Crippen molar-refractivity contribution in [3.63, 3.8) is 0 Å². The topological polar surface area (TPSA) is 191 Å². The second-order valence-corrected chi connectivity index (χ2v) is 8.92. The Labute approximate surface area is 225 Å². The fourth-order valence-electron chi connectivity index (χ4n) is 3.69. The number of carboxylic acids is 2. The van der Waals surface area contributed by atoms with E-state index in [0.29, 0.717) is 5.56 Å². The Bertz CT molecular complexity index is 1170. The summed E-state index contributed by atoms with van der Waals surface area (Å²) in [5.41, 5.74) is 1.44. The predicted octanol–water partition coefficient (Wildman–Crippen LogP) is 0.0101. The molecule has 0 aliphatic rings. The quantitative estimate of drug-likeness (QED) is 0.193. The van der Waals surface area contributed by atoms with Crippen LogP contribution in [0, 0.1) is 0 Å². The van der Waals surface area contributed by atoms with Crippen LogP contribution in [0.2, 0.25) is 0 Å². The molecule has 0 bridgehead atoms. The minimum absolute atomic E-state index is 0.0268. The average molecular weight is 541 g/mol. The highest BCUT2D eigenvalue weighted by Crippen LogP contribution is 2.07. The summed E-state index contributed by atoms with van der Waals surface area (Å²) in [6, 6.07) is 12.5. The lowest BCUT2D eigenvalue weighted by molar-refractivity contribution is -0.147. The molecule has 0 heterocycles. The predicted molar refractivity (Wildman–Crippen MR) is 139 cm³/mol. The summed E-state index contributed by atoms with van der Waals surface area (Å²) < 4.78 is 0. The third-order valence-electron chi connectivity index (χ3n) is 5.64. The maximum atomic E-state index is 13.0. The van der Waals surface area contributed by atoms with Gasteiger partial charge in [-0.1, -0.05) is 60.7 Å². The third kappa shape index (κ3) is 10.6. The SMILES string of the molecule is CC(=O)N[C@@H](Cc1ccccc1)C(=O)N[C@@H](C)C(=O)N[C@@H](Cc1ccccc1)C(=O)N[C@@H](CC(=O)O)C(=O)O. The molecule has 4 amide bonds. The van der Waals surface area contributed by atoms with E-state index in [0.717, 1.165) is 5.56 Å². The van der Waals surface area contributed by atoms with Crippen LogP contribution in [0.25, 0.3) is 0 Å². The van der Waals surface area contributed by atoms with Crippen LogP contribution in [-0.4, -0.2) is 69.9 Å². The zero-order valence-corrected chi connectivity index (χ0v) is 21.5. The molecule has 12 heteroatoms. The molecule has 12 nitrogen and oxygen atoms in total. The van der Waals surface area contributed by atoms with Crippen molar-refractivity contribution in [3.8, 4) is 0 Å². The van der Waals surface area contributed by atoms with Gasteiger partial charge in [0.25, 0.3) is 0 Å². The zero-order chi connectivity index (χ0) is 28.9. The van der Waals surface area contributed by atoms with Crippen molar-refractivity contribution in [2.75, 3.05) is 0 Å². The molecule has 0 saturated heterocycles. The van der Waals surface area contributed by atoms with Gasteiger partial charge in [0.1, 0.15) is 24.2 Å².